The predicted octanol–water partition coefficient (Wildman–Crippen LogP) is 6.83. The molecule has 0 saturated heterocycles. The molecule has 2 atom stereocenters. The number of amides is 1. The summed E-state index contributed by atoms with van der Waals surface area (Å²) >= 11 is 3.71. The minimum absolute atomic E-state index is 0.00217. The topological polar surface area (TPSA) is 29.5 Å². The highest BCUT2D eigenvalue weighted by Crippen LogP contribution is 2.51. The molecule has 4 heteroatoms. The van der Waals surface area contributed by atoms with Gasteiger partial charge in [0.15, 0.2) is 5.60 Å². The van der Waals surface area contributed by atoms with Crippen molar-refractivity contribution < 1.29 is 9.53 Å². The molecule has 2 aliphatic rings. The van der Waals surface area contributed by atoms with Gasteiger partial charge in [-0.15, -0.1) is 0 Å². The highest BCUT2D eigenvalue weighted by molar-refractivity contribution is 9.10. The number of carbonyl (C=O) groups is 1. The molecule has 2 aliphatic heterocycles. The summed E-state index contributed by atoms with van der Waals surface area (Å²) in [5, 5.41) is 0. The maximum atomic E-state index is 13.8. The summed E-state index contributed by atoms with van der Waals surface area (Å²) in [5.74, 6) is 0.0502. The molecule has 0 unspecified atom stereocenters. The van der Waals surface area contributed by atoms with Crippen LogP contribution in [0, 0.1) is 0 Å². The van der Waals surface area contributed by atoms with Gasteiger partial charge in [0.05, 0.1) is 11.8 Å². The number of nitrogens with zero attached hydrogens (tertiary/aromatic N) is 1. The molecular formula is C25H32BrNO2. The zero-order chi connectivity index (χ0) is 21.2. The number of fused-ring (bicyclic) bond motifs is 2. The fourth-order valence-electron chi connectivity index (χ4n) is 4.23. The lowest BCUT2D eigenvalue weighted by atomic mass is 9.88. The Labute approximate surface area is 183 Å². The molecule has 29 heavy (non-hydrogen) atoms. The lowest BCUT2D eigenvalue weighted by Gasteiger charge is -2.31. The Balaban J connectivity index is 1.93. The van der Waals surface area contributed by atoms with Crippen LogP contribution in [0.3, 0.4) is 0 Å². The van der Waals surface area contributed by atoms with Crippen LogP contribution in [0.1, 0.15) is 65.9 Å². The normalized spacial score (nSPS) is 24.4. The third kappa shape index (κ3) is 4.59. The molecular weight excluding hydrogens is 426 g/mol. The molecule has 3 nitrogen and oxygen atoms in total. The predicted molar refractivity (Wildman–Crippen MR) is 124 cm³/mol. The van der Waals surface area contributed by atoms with Gasteiger partial charge in [0.2, 0.25) is 0 Å². The van der Waals surface area contributed by atoms with Gasteiger partial charge in [-0.25, -0.2) is 0 Å². The van der Waals surface area contributed by atoms with E-state index in [1.807, 2.05) is 23.1 Å². The second kappa shape index (κ2) is 9.01. The second-order valence-electron chi connectivity index (χ2n) is 8.64. The van der Waals surface area contributed by atoms with E-state index < -0.39 is 5.60 Å². The molecule has 0 bridgehead atoms. The minimum Gasteiger partial charge on any atom is -0.357 e. The van der Waals surface area contributed by atoms with E-state index in [4.69, 9.17) is 4.74 Å². The summed E-state index contributed by atoms with van der Waals surface area (Å²) in [4.78, 5) is 15.7. The quantitative estimate of drug-likeness (QED) is 0.453. The van der Waals surface area contributed by atoms with Gasteiger partial charge in [0, 0.05) is 23.0 Å². The van der Waals surface area contributed by atoms with Gasteiger partial charge in [-0.2, -0.15) is 0 Å². The van der Waals surface area contributed by atoms with E-state index in [1.165, 1.54) is 16.7 Å². The van der Waals surface area contributed by atoms with Gasteiger partial charge in [-0.3, -0.25) is 4.79 Å². The first-order chi connectivity index (χ1) is 13.7. The average molecular weight is 458 g/mol. The fourth-order valence-corrected chi connectivity index (χ4v) is 4.91. The van der Waals surface area contributed by atoms with Crippen LogP contribution in [0.4, 0.5) is 5.69 Å². The maximum Gasteiger partial charge on any atom is 0.264 e. The van der Waals surface area contributed by atoms with E-state index in [9.17, 15) is 4.79 Å². The van der Waals surface area contributed by atoms with Crippen LogP contribution in [-0.4, -0.2) is 18.6 Å². The molecule has 0 aromatic heterocycles. The Morgan fingerprint density at radius 2 is 2.07 bits per heavy atom. The summed E-state index contributed by atoms with van der Waals surface area (Å²) in [6.45, 7) is 11.1. The van der Waals surface area contributed by atoms with Crippen molar-refractivity contribution >= 4 is 27.5 Å². The standard InChI is InChI=1S/C25H32BrNO2/c1-17(2)8-6-9-18(3)14-15-27-22-11-7-10-21(26)23(22)25(24(27)28)16-19(4)12-13-20(5)29-25/h7-8,10-12,14,20H,6,9,13,15-16H2,1-5H3/t20-,25-/m1/s1. The van der Waals surface area contributed by atoms with Crippen molar-refractivity contribution in [1.82, 2.24) is 0 Å². The summed E-state index contributed by atoms with van der Waals surface area (Å²) in [5.41, 5.74) is 4.85. The lowest BCUT2D eigenvalue weighted by Crippen LogP contribution is -2.44. The number of halogens is 1. The number of ether oxygens (including phenoxy) is 1. The highest BCUT2D eigenvalue weighted by atomic mass is 79.9. The average Bonchev–Trinajstić information content (AvgIpc) is 2.76. The Morgan fingerprint density at radius 1 is 1.31 bits per heavy atom. The third-order valence-corrected chi connectivity index (χ3v) is 6.38. The molecule has 1 amide bonds. The smallest absolute Gasteiger partial charge is 0.264 e. The van der Waals surface area contributed by atoms with Crippen LogP contribution in [0.2, 0.25) is 0 Å². The lowest BCUT2D eigenvalue weighted by molar-refractivity contribution is -0.150. The van der Waals surface area contributed by atoms with Crippen molar-refractivity contribution in [3.63, 3.8) is 0 Å². The van der Waals surface area contributed by atoms with Gasteiger partial charge >= 0.3 is 0 Å². The molecule has 1 spiro atoms. The molecule has 0 N–H and O–H groups in total. The number of carbonyl (C=O) groups excluding carboxylic acids is 1. The largest absolute Gasteiger partial charge is 0.357 e. The van der Waals surface area contributed by atoms with E-state index >= 15 is 0 Å². The van der Waals surface area contributed by atoms with E-state index in [1.54, 1.807) is 0 Å². The molecule has 1 aromatic rings. The summed E-state index contributed by atoms with van der Waals surface area (Å²) in [7, 11) is 0. The third-order valence-electron chi connectivity index (χ3n) is 5.72. The van der Waals surface area contributed by atoms with E-state index in [-0.39, 0.29) is 12.0 Å². The van der Waals surface area contributed by atoms with Crippen LogP contribution < -0.4 is 4.90 Å². The van der Waals surface area contributed by atoms with Gasteiger partial charge < -0.3 is 9.64 Å². The van der Waals surface area contributed by atoms with Crippen molar-refractivity contribution in [2.45, 2.75) is 72.0 Å². The van der Waals surface area contributed by atoms with Gasteiger partial charge in [0.1, 0.15) is 0 Å². The zero-order valence-corrected chi connectivity index (χ0v) is 19.8. The second-order valence-corrected chi connectivity index (χ2v) is 9.49. The van der Waals surface area contributed by atoms with Crippen molar-refractivity contribution in [1.29, 1.82) is 0 Å². The molecule has 0 aliphatic carbocycles. The number of allylic oxidation sites excluding steroid dienone is 3. The molecule has 0 radical (unpaired) electrons. The number of hydrogen-bond donors (Lipinski definition) is 0. The minimum atomic E-state index is -0.935. The Bertz CT molecular complexity index is 879. The Hall–Kier alpha value is -1.65. The maximum absolute atomic E-state index is 13.8. The van der Waals surface area contributed by atoms with Crippen LogP contribution in [0.15, 0.2) is 57.6 Å². The molecule has 1 aromatic carbocycles. The van der Waals surface area contributed by atoms with Crippen molar-refractivity contribution in [2.75, 3.05) is 11.4 Å². The number of hydrogen-bond acceptors (Lipinski definition) is 2. The van der Waals surface area contributed by atoms with Crippen LogP contribution in [-0.2, 0) is 15.1 Å². The zero-order valence-electron chi connectivity index (χ0n) is 18.2. The van der Waals surface area contributed by atoms with Crippen LogP contribution in [0.25, 0.3) is 0 Å². The Kier molecular flexibility index (Phi) is 6.85. The monoisotopic (exact) mass is 457 g/mol. The highest BCUT2D eigenvalue weighted by Gasteiger charge is 2.54. The fraction of sp³-hybridized carbons (Fsp3) is 0.480. The van der Waals surface area contributed by atoms with Gasteiger partial charge in [-0.05, 0) is 66.0 Å². The van der Waals surface area contributed by atoms with E-state index in [0.29, 0.717) is 13.0 Å². The molecule has 0 saturated carbocycles. The van der Waals surface area contributed by atoms with E-state index in [0.717, 1.165) is 35.0 Å². The van der Waals surface area contributed by atoms with Crippen molar-refractivity contribution in [3.05, 3.63) is 63.2 Å². The summed E-state index contributed by atoms with van der Waals surface area (Å²) in [6.07, 6.45) is 10.1. The van der Waals surface area contributed by atoms with Crippen molar-refractivity contribution in [3.8, 4) is 0 Å². The number of anilines is 1. The first kappa shape index (κ1) is 22.0. The number of rotatable bonds is 5. The van der Waals surface area contributed by atoms with Crippen molar-refractivity contribution in [2.24, 2.45) is 0 Å². The Morgan fingerprint density at radius 3 is 2.79 bits per heavy atom. The van der Waals surface area contributed by atoms with Crippen LogP contribution in [0.5, 0.6) is 0 Å². The molecule has 2 heterocycles. The first-order valence-electron chi connectivity index (χ1n) is 10.5. The molecule has 156 valence electrons. The van der Waals surface area contributed by atoms with Gasteiger partial charge in [0.25, 0.3) is 5.91 Å². The molecule has 3 rings (SSSR count). The van der Waals surface area contributed by atoms with E-state index in [2.05, 4.69) is 68.8 Å². The summed E-state index contributed by atoms with van der Waals surface area (Å²) < 4.78 is 7.42. The van der Waals surface area contributed by atoms with Crippen LogP contribution >= 0.6 is 15.9 Å². The van der Waals surface area contributed by atoms with Gasteiger partial charge in [-0.1, -0.05) is 56.9 Å². The molecule has 0 fully saturated rings. The summed E-state index contributed by atoms with van der Waals surface area (Å²) in [6, 6.07) is 6.04. The number of benzene rings is 1. The SMILES string of the molecule is CC(C)=CCCC(C)=CCN1C(=O)[C@@]2(CC(C)=CC[C@@H](C)O2)c2c(Br)cccc21. The first-order valence-corrected chi connectivity index (χ1v) is 11.3.